The quantitative estimate of drug-likeness (QED) is 0.530. The summed E-state index contributed by atoms with van der Waals surface area (Å²) in [5, 5.41) is 3.35. The van der Waals surface area contributed by atoms with Crippen LogP contribution in [-0.2, 0) is 0 Å². The lowest BCUT2D eigenvalue weighted by atomic mass is 10.2. The van der Waals surface area contributed by atoms with E-state index in [9.17, 15) is 4.39 Å². The van der Waals surface area contributed by atoms with Crippen molar-refractivity contribution in [3.63, 3.8) is 0 Å². The van der Waals surface area contributed by atoms with Gasteiger partial charge in [-0.1, -0.05) is 12.8 Å². The predicted octanol–water partition coefficient (Wildman–Crippen LogP) is 1.74. The van der Waals surface area contributed by atoms with E-state index in [4.69, 9.17) is 0 Å². The molecule has 0 saturated carbocycles. The molecule has 9 heavy (non-hydrogen) atoms. The topological polar surface area (TPSA) is 12.0 Å². The van der Waals surface area contributed by atoms with Crippen molar-refractivity contribution in [1.82, 2.24) is 5.32 Å². The van der Waals surface area contributed by atoms with Crippen LogP contribution in [-0.4, -0.2) is 20.3 Å². The maximum absolute atomic E-state index is 9.50. The van der Waals surface area contributed by atoms with E-state index in [0.717, 1.165) is 0 Å². The highest BCUT2D eigenvalue weighted by atomic mass is 19.1. The second-order valence-electron chi connectivity index (χ2n) is 2.16. The minimum absolute atomic E-state index is 0.500. The van der Waals surface area contributed by atoms with Gasteiger partial charge in [0.2, 0.25) is 0 Å². The molecule has 1 saturated heterocycles. The third-order valence-corrected chi connectivity index (χ3v) is 1.46. The Morgan fingerprint density at radius 1 is 0.889 bits per heavy atom. The van der Waals surface area contributed by atoms with Crippen LogP contribution in [0.25, 0.3) is 0 Å². The highest BCUT2D eigenvalue weighted by molar-refractivity contribution is 4.54. The molecular formula is C7H16FN. The van der Waals surface area contributed by atoms with Crippen LogP contribution in [0.15, 0.2) is 0 Å². The number of halogens is 1. The summed E-state index contributed by atoms with van der Waals surface area (Å²) in [5.74, 6) is 0. The first kappa shape index (κ1) is 8.89. The third kappa shape index (κ3) is 5.77. The molecule has 0 aromatic carbocycles. The fourth-order valence-electron chi connectivity index (χ4n) is 0.979. The van der Waals surface area contributed by atoms with Crippen LogP contribution in [0.3, 0.4) is 0 Å². The van der Waals surface area contributed by atoms with Gasteiger partial charge in [0.15, 0.2) is 0 Å². The van der Waals surface area contributed by atoms with E-state index in [1.165, 1.54) is 38.8 Å². The molecule has 1 N–H and O–H groups in total. The van der Waals surface area contributed by atoms with Crippen molar-refractivity contribution >= 4 is 0 Å². The number of rotatable bonds is 0. The predicted molar refractivity (Wildman–Crippen MR) is 38.4 cm³/mol. The van der Waals surface area contributed by atoms with Crippen molar-refractivity contribution in [1.29, 1.82) is 0 Å². The Kier molecular flexibility index (Phi) is 7.79. The first-order valence-corrected chi connectivity index (χ1v) is 3.59. The zero-order chi connectivity index (χ0) is 6.95. The first-order chi connectivity index (χ1) is 4.50. The van der Waals surface area contributed by atoms with E-state index in [1.54, 1.807) is 0 Å². The monoisotopic (exact) mass is 133 g/mol. The SMILES string of the molecule is C1CCCNCC1.CF. The molecule has 1 rings (SSSR count). The Labute approximate surface area is 56.6 Å². The molecule has 2 heteroatoms. The summed E-state index contributed by atoms with van der Waals surface area (Å²) in [6, 6.07) is 0. The van der Waals surface area contributed by atoms with Gasteiger partial charge in [-0.2, -0.15) is 0 Å². The Balaban J connectivity index is 0.000000291. The highest BCUT2D eigenvalue weighted by Gasteiger charge is 1.94. The van der Waals surface area contributed by atoms with Gasteiger partial charge in [-0.15, -0.1) is 0 Å². The molecule has 0 unspecified atom stereocenters. The van der Waals surface area contributed by atoms with Crippen molar-refractivity contribution in [2.75, 3.05) is 20.3 Å². The van der Waals surface area contributed by atoms with Crippen molar-refractivity contribution < 1.29 is 4.39 Å². The normalized spacial score (nSPS) is 19.3. The molecule has 0 aromatic rings. The maximum Gasteiger partial charge on any atom is 0.0785 e. The van der Waals surface area contributed by atoms with E-state index in [-0.39, 0.29) is 0 Å². The van der Waals surface area contributed by atoms with Crippen LogP contribution in [0.4, 0.5) is 4.39 Å². The summed E-state index contributed by atoms with van der Waals surface area (Å²) in [4.78, 5) is 0. The second-order valence-corrected chi connectivity index (χ2v) is 2.16. The molecule has 0 bridgehead atoms. The lowest BCUT2D eigenvalue weighted by Gasteiger charge is -1.91. The molecule has 1 fully saturated rings. The fraction of sp³-hybridized carbons (Fsp3) is 1.00. The summed E-state index contributed by atoms with van der Waals surface area (Å²) in [6.45, 7) is 2.50. The van der Waals surface area contributed by atoms with Gasteiger partial charge in [-0.05, 0) is 25.9 Å². The molecule has 0 radical (unpaired) electrons. The minimum atomic E-state index is 0.500. The van der Waals surface area contributed by atoms with Gasteiger partial charge in [0.25, 0.3) is 0 Å². The molecule has 0 atom stereocenters. The molecule has 0 aliphatic carbocycles. The smallest absolute Gasteiger partial charge is 0.0785 e. The molecule has 0 spiro atoms. The number of hydrogen-bond donors (Lipinski definition) is 1. The third-order valence-electron chi connectivity index (χ3n) is 1.46. The summed E-state index contributed by atoms with van der Waals surface area (Å²) in [7, 11) is 0.500. The average molecular weight is 133 g/mol. The van der Waals surface area contributed by atoms with Crippen LogP contribution < -0.4 is 5.32 Å². The van der Waals surface area contributed by atoms with Gasteiger partial charge in [0.1, 0.15) is 0 Å². The zero-order valence-electron chi connectivity index (χ0n) is 6.12. The summed E-state index contributed by atoms with van der Waals surface area (Å²) in [5.41, 5.74) is 0. The molecule has 0 amide bonds. The van der Waals surface area contributed by atoms with Crippen LogP contribution in [0.5, 0.6) is 0 Å². The summed E-state index contributed by atoms with van der Waals surface area (Å²) in [6.07, 6.45) is 5.65. The van der Waals surface area contributed by atoms with Gasteiger partial charge >= 0.3 is 0 Å². The van der Waals surface area contributed by atoms with Crippen LogP contribution in [0.2, 0.25) is 0 Å². The van der Waals surface area contributed by atoms with Crippen LogP contribution in [0.1, 0.15) is 25.7 Å². The number of nitrogens with one attached hydrogen (secondary N) is 1. The second kappa shape index (κ2) is 7.89. The van der Waals surface area contributed by atoms with Gasteiger partial charge in [-0.25, -0.2) is 0 Å². The average Bonchev–Trinajstić information content (AvgIpc) is 2.21. The summed E-state index contributed by atoms with van der Waals surface area (Å²) < 4.78 is 9.50. The molecule has 1 aliphatic heterocycles. The fourth-order valence-corrected chi connectivity index (χ4v) is 0.979. The lowest BCUT2D eigenvalue weighted by molar-refractivity contribution is 0.636. The van der Waals surface area contributed by atoms with Crippen molar-refractivity contribution in [2.45, 2.75) is 25.7 Å². The van der Waals surface area contributed by atoms with Crippen LogP contribution in [0, 0.1) is 0 Å². The van der Waals surface area contributed by atoms with Crippen LogP contribution >= 0.6 is 0 Å². The molecular weight excluding hydrogens is 117 g/mol. The van der Waals surface area contributed by atoms with Gasteiger partial charge < -0.3 is 5.32 Å². The van der Waals surface area contributed by atoms with Crippen molar-refractivity contribution in [3.05, 3.63) is 0 Å². The molecule has 56 valence electrons. The van der Waals surface area contributed by atoms with Gasteiger partial charge in [-0.3, -0.25) is 4.39 Å². The largest absolute Gasteiger partial charge is 0.317 e. The molecule has 1 aliphatic rings. The Bertz CT molecular complexity index is 28.5. The van der Waals surface area contributed by atoms with E-state index in [0.29, 0.717) is 7.18 Å². The minimum Gasteiger partial charge on any atom is -0.317 e. The Hall–Kier alpha value is -0.110. The Morgan fingerprint density at radius 3 is 1.78 bits per heavy atom. The maximum atomic E-state index is 9.50. The zero-order valence-corrected chi connectivity index (χ0v) is 6.12. The summed E-state index contributed by atoms with van der Waals surface area (Å²) >= 11 is 0. The first-order valence-electron chi connectivity index (χ1n) is 3.59. The standard InChI is InChI=1S/C6H13N.CH3F/c1-2-4-6-7-5-3-1;1-2/h7H,1-6H2;1H3. The van der Waals surface area contributed by atoms with E-state index in [2.05, 4.69) is 5.32 Å². The van der Waals surface area contributed by atoms with E-state index < -0.39 is 0 Å². The van der Waals surface area contributed by atoms with Gasteiger partial charge in [0, 0.05) is 0 Å². The van der Waals surface area contributed by atoms with Crippen molar-refractivity contribution in [3.8, 4) is 0 Å². The van der Waals surface area contributed by atoms with Gasteiger partial charge in [0.05, 0.1) is 7.18 Å². The molecule has 1 heterocycles. The number of hydrogen-bond acceptors (Lipinski definition) is 1. The lowest BCUT2D eigenvalue weighted by Crippen LogP contribution is -2.12. The van der Waals surface area contributed by atoms with Crippen molar-refractivity contribution in [2.24, 2.45) is 0 Å². The molecule has 0 aromatic heterocycles. The van der Waals surface area contributed by atoms with E-state index in [1.807, 2.05) is 0 Å². The number of alkyl halides is 1. The Morgan fingerprint density at radius 2 is 1.33 bits per heavy atom. The highest BCUT2D eigenvalue weighted by Crippen LogP contribution is 2.00. The molecule has 1 nitrogen and oxygen atoms in total. The van der Waals surface area contributed by atoms with E-state index >= 15 is 0 Å².